The van der Waals surface area contributed by atoms with Crippen LogP contribution in [0.3, 0.4) is 0 Å². The van der Waals surface area contributed by atoms with Crippen molar-refractivity contribution in [2.45, 2.75) is -1.13 Å². The fourth-order valence-electron chi connectivity index (χ4n) is 0.309. The Morgan fingerprint density at radius 1 is 0.727 bits per heavy atom. The van der Waals surface area contributed by atoms with E-state index in [1.54, 1.807) is 0 Å². The van der Waals surface area contributed by atoms with Crippen molar-refractivity contribution >= 4 is 136 Å². The van der Waals surface area contributed by atoms with Crippen LogP contribution in [0.1, 0.15) is 0 Å². The molecule has 0 bridgehead atoms. The van der Waals surface area contributed by atoms with E-state index in [9.17, 15) is 0 Å². The Hall–Kier alpha value is 4.34. The highest BCUT2D eigenvalue weighted by molar-refractivity contribution is 14.3. The first-order valence-electron chi connectivity index (χ1n) is 2.47. The summed E-state index contributed by atoms with van der Waals surface area (Å²) in [6.45, 7) is 1.84. The van der Waals surface area contributed by atoms with Crippen LogP contribution in [0.2, 0.25) is 0 Å². The van der Waals surface area contributed by atoms with Crippen molar-refractivity contribution in [2.75, 3.05) is 13.1 Å². The molecule has 0 atom stereocenters. The first kappa shape index (κ1) is 15.3. The number of hydrogen-bond donors (Lipinski definition) is 0. The molecule has 0 heterocycles. The van der Waals surface area contributed by atoms with Gasteiger partial charge in [-0.05, 0) is 0 Å². The largest absolute Gasteiger partial charge is 0.236 e. The van der Waals surface area contributed by atoms with Crippen LogP contribution in [0.5, 0.6) is 0 Å². The van der Waals surface area contributed by atoms with Crippen LogP contribution in [0.25, 0.3) is 0 Å². The highest BCUT2D eigenvalue weighted by atomic mass is 127. The first-order chi connectivity index (χ1) is 4.71. The van der Waals surface area contributed by atoms with Gasteiger partial charge in [0.2, 0.25) is 0 Å². The minimum Gasteiger partial charge on any atom is -0.236 e. The minimum atomic E-state index is 0.252. The number of alkyl halides is 6. The quantitative estimate of drug-likeness (QED) is 0.293. The van der Waals surface area contributed by atoms with Gasteiger partial charge in [0.1, 0.15) is -1.13 Å². The lowest BCUT2D eigenvalue weighted by Crippen LogP contribution is -2.25. The van der Waals surface area contributed by atoms with Gasteiger partial charge in [0.15, 0.2) is 0 Å². The molecule has 11 heavy (non-hydrogen) atoms. The zero-order valence-corrected chi connectivity index (χ0v) is 18.1. The topological polar surface area (TPSA) is 14.1 Å². The summed E-state index contributed by atoms with van der Waals surface area (Å²) in [5, 5.41) is 4.47. The van der Waals surface area contributed by atoms with Gasteiger partial charge in [-0.25, -0.2) is 5.32 Å². The SMILES string of the molecule is IC(I)(I)C[N]CC(I)(I)I. The van der Waals surface area contributed by atoms with Gasteiger partial charge in [0.05, 0.1) is 0 Å². The molecule has 0 rings (SSSR count). The molecule has 0 unspecified atom stereocenters. The summed E-state index contributed by atoms with van der Waals surface area (Å²) in [6.07, 6.45) is 0. The predicted molar refractivity (Wildman–Crippen MR) is 101 cm³/mol. The Balaban J connectivity index is 3.44. The maximum absolute atomic E-state index is 4.47. The van der Waals surface area contributed by atoms with Crippen LogP contribution in [-0.2, 0) is 0 Å². The third-order valence-corrected chi connectivity index (χ3v) is 2.63. The van der Waals surface area contributed by atoms with Crippen LogP contribution < -0.4 is 5.32 Å². The van der Waals surface area contributed by atoms with Crippen molar-refractivity contribution in [2.24, 2.45) is 0 Å². The summed E-state index contributed by atoms with van der Waals surface area (Å²) in [7, 11) is 0. The van der Waals surface area contributed by atoms with Crippen LogP contribution in [0, 0.1) is 0 Å². The standard InChI is InChI=1S/C4H4I6N/c5-3(6,7)1-11-2-4(8,9)10/h1-2H2. The van der Waals surface area contributed by atoms with Crippen LogP contribution in [0.4, 0.5) is 0 Å². The normalized spacial score (nSPS) is 13.6. The van der Waals surface area contributed by atoms with Gasteiger partial charge in [0.25, 0.3) is 0 Å². The maximum atomic E-state index is 4.47. The highest BCUT2D eigenvalue weighted by Gasteiger charge is 2.21. The molecule has 0 aliphatic rings. The molecule has 0 aliphatic carbocycles. The average Bonchev–Trinajstić information content (AvgIpc) is 1.55. The molecule has 0 fully saturated rings. The van der Waals surface area contributed by atoms with Crippen molar-refractivity contribution < 1.29 is 0 Å². The summed E-state index contributed by atoms with van der Waals surface area (Å²) >= 11 is 14.4. The molecule has 0 saturated carbocycles. The molecule has 67 valence electrons. The van der Waals surface area contributed by atoms with Gasteiger partial charge < -0.3 is 0 Å². The monoisotopic (exact) mass is 827 g/mol. The smallest absolute Gasteiger partial charge is 0.138 e. The van der Waals surface area contributed by atoms with Crippen LogP contribution >= 0.6 is 136 Å². The highest BCUT2D eigenvalue weighted by Crippen LogP contribution is 2.37. The third-order valence-electron chi connectivity index (χ3n) is 0.582. The zero-order valence-electron chi connectivity index (χ0n) is 5.13. The molecule has 0 N–H and O–H groups in total. The van der Waals surface area contributed by atoms with E-state index in [-0.39, 0.29) is -1.13 Å². The van der Waals surface area contributed by atoms with E-state index < -0.39 is 0 Å². The lowest BCUT2D eigenvalue weighted by Gasteiger charge is -2.15. The molecule has 0 saturated heterocycles. The number of halogens is 6. The molecule has 0 spiro atoms. The van der Waals surface area contributed by atoms with E-state index in [1.165, 1.54) is 0 Å². The second-order valence-corrected chi connectivity index (χ2v) is 25.2. The number of rotatable bonds is 4. The van der Waals surface area contributed by atoms with Crippen LogP contribution in [-0.4, -0.2) is 12.0 Å². The Morgan fingerprint density at radius 3 is 1.18 bits per heavy atom. The Labute approximate surface area is 149 Å². The summed E-state index contributed by atoms with van der Waals surface area (Å²) in [5.41, 5.74) is 0. The predicted octanol–water partition coefficient (Wildman–Crippen LogP) is 4.51. The Kier molecular flexibility index (Phi) is 9.51. The van der Waals surface area contributed by atoms with Gasteiger partial charge >= 0.3 is 0 Å². The molecule has 0 amide bonds. The minimum absolute atomic E-state index is 0.252. The molecular formula is C4H4I6N. The van der Waals surface area contributed by atoms with Crippen molar-refractivity contribution in [3.8, 4) is 0 Å². The lowest BCUT2D eigenvalue weighted by atomic mass is 10.7. The van der Waals surface area contributed by atoms with E-state index in [4.69, 9.17) is 0 Å². The Morgan fingerprint density at radius 2 is 1.00 bits per heavy atom. The molecule has 0 aliphatic heterocycles. The van der Waals surface area contributed by atoms with E-state index in [0.717, 1.165) is 13.1 Å². The van der Waals surface area contributed by atoms with Crippen molar-refractivity contribution in [3.05, 3.63) is 0 Å². The van der Waals surface area contributed by atoms with Crippen molar-refractivity contribution in [3.63, 3.8) is 0 Å². The second-order valence-electron chi connectivity index (χ2n) is 1.77. The Bertz CT molecular complexity index is 98.7. The number of nitrogens with zero attached hydrogens (tertiary/aromatic N) is 1. The molecule has 0 aromatic rings. The molecule has 0 aromatic heterocycles. The summed E-state index contributed by atoms with van der Waals surface area (Å²) in [4.78, 5) is 0. The van der Waals surface area contributed by atoms with E-state index in [1.807, 2.05) is 0 Å². The molecular weight excluding hydrogens is 823 g/mol. The average molecular weight is 828 g/mol. The fourth-order valence-corrected chi connectivity index (χ4v) is 1.76. The second kappa shape index (κ2) is 6.82. The molecule has 1 nitrogen and oxygen atoms in total. The summed E-state index contributed by atoms with van der Waals surface area (Å²) in [6, 6.07) is 0. The van der Waals surface area contributed by atoms with E-state index in [2.05, 4.69) is 141 Å². The van der Waals surface area contributed by atoms with Gasteiger partial charge in [-0.15, -0.1) is 0 Å². The fraction of sp³-hybridized carbons (Fsp3) is 1.00. The lowest BCUT2D eigenvalue weighted by molar-refractivity contribution is 0.746. The van der Waals surface area contributed by atoms with Gasteiger partial charge in [-0.1, -0.05) is 136 Å². The van der Waals surface area contributed by atoms with Gasteiger partial charge in [-0.2, -0.15) is 0 Å². The van der Waals surface area contributed by atoms with Crippen molar-refractivity contribution in [1.29, 1.82) is 0 Å². The molecule has 1 radical (unpaired) electrons. The van der Waals surface area contributed by atoms with E-state index >= 15 is 0 Å². The van der Waals surface area contributed by atoms with E-state index in [0.29, 0.717) is 0 Å². The van der Waals surface area contributed by atoms with Gasteiger partial charge in [0, 0.05) is 13.1 Å². The zero-order chi connectivity index (χ0) is 9.12. The molecule has 7 heteroatoms. The first-order valence-corrected chi connectivity index (χ1v) is 8.95. The van der Waals surface area contributed by atoms with Crippen LogP contribution in [0.15, 0.2) is 0 Å². The maximum Gasteiger partial charge on any atom is 0.138 e. The summed E-state index contributed by atoms with van der Waals surface area (Å²) in [5.74, 6) is 0. The summed E-state index contributed by atoms with van der Waals surface area (Å²) < 4.78 is 0.505. The van der Waals surface area contributed by atoms with Crippen molar-refractivity contribution in [1.82, 2.24) is 5.32 Å². The third kappa shape index (κ3) is 14.3. The van der Waals surface area contributed by atoms with Gasteiger partial charge in [-0.3, -0.25) is 0 Å². The number of hydrogen-bond acceptors (Lipinski definition) is 0. The molecule has 0 aromatic carbocycles.